The fourth-order valence-corrected chi connectivity index (χ4v) is 2.40. The number of nitrogens with one attached hydrogen (secondary N) is 2. The highest BCUT2D eigenvalue weighted by molar-refractivity contribution is 5.88. The van der Waals surface area contributed by atoms with Crippen LogP contribution in [-0.4, -0.2) is 29.8 Å². The van der Waals surface area contributed by atoms with Crippen molar-refractivity contribution in [3.8, 4) is 0 Å². The SMILES string of the molecule is CNC(=O)[C@H](Cc1ccc([N+](=O)[O-])cc1)NC(=O)Cc1ccccc1. The Balaban J connectivity index is 2.04. The second-order valence-electron chi connectivity index (χ2n) is 5.52. The summed E-state index contributed by atoms with van der Waals surface area (Å²) in [5.41, 5.74) is 1.55. The van der Waals surface area contributed by atoms with Gasteiger partial charge in [-0.1, -0.05) is 42.5 Å². The molecule has 2 amide bonds. The minimum atomic E-state index is -0.748. The van der Waals surface area contributed by atoms with Crippen LogP contribution in [0.5, 0.6) is 0 Å². The maximum atomic E-state index is 12.2. The molecule has 0 aliphatic heterocycles. The Morgan fingerprint density at radius 3 is 2.24 bits per heavy atom. The lowest BCUT2D eigenvalue weighted by Gasteiger charge is -2.17. The van der Waals surface area contributed by atoms with E-state index in [1.165, 1.54) is 19.2 Å². The van der Waals surface area contributed by atoms with Crippen LogP contribution in [0.15, 0.2) is 54.6 Å². The van der Waals surface area contributed by atoms with Gasteiger partial charge in [-0.05, 0) is 11.1 Å². The summed E-state index contributed by atoms with van der Waals surface area (Å²) >= 11 is 0. The summed E-state index contributed by atoms with van der Waals surface area (Å²) in [6, 6.07) is 14.4. The Bertz CT molecular complexity index is 745. The van der Waals surface area contributed by atoms with Gasteiger partial charge < -0.3 is 10.6 Å². The summed E-state index contributed by atoms with van der Waals surface area (Å²) in [7, 11) is 1.49. The number of amides is 2. The number of carbonyl (C=O) groups is 2. The highest BCUT2D eigenvalue weighted by atomic mass is 16.6. The maximum Gasteiger partial charge on any atom is 0.269 e. The summed E-state index contributed by atoms with van der Waals surface area (Å²) in [5, 5.41) is 15.9. The van der Waals surface area contributed by atoms with Crippen LogP contribution >= 0.6 is 0 Å². The number of benzene rings is 2. The quantitative estimate of drug-likeness (QED) is 0.590. The number of nitrogens with zero attached hydrogens (tertiary/aromatic N) is 1. The predicted octanol–water partition coefficient (Wildman–Crippen LogP) is 1.61. The van der Waals surface area contributed by atoms with E-state index in [4.69, 9.17) is 0 Å². The minimum Gasteiger partial charge on any atom is -0.357 e. The molecule has 0 fully saturated rings. The molecule has 2 N–H and O–H groups in total. The van der Waals surface area contributed by atoms with E-state index in [-0.39, 0.29) is 30.3 Å². The zero-order chi connectivity index (χ0) is 18.2. The van der Waals surface area contributed by atoms with Crippen LogP contribution in [0.2, 0.25) is 0 Å². The van der Waals surface area contributed by atoms with E-state index >= 15 is 0 Å². The van der Waals surface area contributed by atoms with Crippen LogP contribution in [0.25, 0.3) is 0 Å². The number of hydrogen-bond acceptors (Lipinski definition) is 4. The number of carbonyl (C=O) groups excluding carboxylic acids is 2. The molecule has 0 radical (unpaired) electrons. The van der Waals surface area contributed by atoms with E-state index in [2.05, 4.69) is 10.6 Å². The number of rotatable bonds is 7. The summed E-state index contributed by atoms with van der Waals surface area (Å²) in [4.78, 5) is 34.4. The summed E-state index contributed by atoms with van der Waals surface area (Å²) in [5.74, 6) is -0.582. The van der Waals surface area contributed by atoms with Gasteiger partial charge in [-0.25, -0.2) is 0 Å². The second kappa shape index (κ2) is 8.58. The Hall–Kier alpha value is -3.22. The van der Waals surface area contributed by atoms with Gasteiger partial charge >= 0.3 is 0 Å². The molecule has 0 aliphatic rings. The van der Waals surface area contributed by atoms with Gasteiger partial charge in [0.05, 0.1) is 11.3 Å². The van der Waals surface area contributed by atoms with Gasteiger partial charge in [-0.15, -0.1) is 0 Å². The third-order valence-corrected chi connectivity index (χ3v) is 3.69. The van der Waals surface area contributed by atoms with Crippen LogP contribution in [0, 0.1) is 10.1 Å². The van der Waals surface area contributed by atoms with Crippen molar-refractivity contribution in [3.05, 3.63) is 75.8 Å². The standard InChI is InChI=1S/C18H19N3O4/c1-19-18(23)16(11-14-7-9-15(10-8-14)21(24)25)20-17(22)12-13-5-3-2-4-6-13/h2-10,16H,11-12H2,1H3,(H,19,23)(H,20,22)/t16-/m0/s1. The molecule has 2 aromatic rings. The molecule has 0 unspecified atom stereocenters. The Kier molecular flexibility index (Phi) is 6.22. The van der Waals surface area contributed by atoms with E-state index in [1.54, 1.807) is 12.1 Å². The molecule has 0 saturated carbocycles. The lowest BCUT2D eigenvalue weighted by Crippen LogP contribution is -2.47. The van der Waals surface area contributed by atoms with Crippen molar-refractivity contribution in [3.63, 3.8) is 0 Å². The number of nitro groups is 1. The first-order valence-electron chi connectivity index (χ1n) is 7.78. The molecule has 7 nitrogen and oxygen atoms in total. The Morgan fingerprint density at radius 2 is 1.68 bits per heavy atom. The van der Waals surface area contributed by atoms with Crippen molar-refractivity contribution in [2.45, 2.75) is 18.9 Å². The van der Waals surface area contributed by atoms with Crippen molar-refractivity contribution in [2.75, 3.05) is 7.05 Å². The van der Waals surface area contributed by atoms with E-state index in [1.807, 2.05) is 30.3 Å². The van der Waals surface area contributed by atoms with Crippen LogP contribution in [-0.2, 0) is 22.4 Å². The first-order chi connectivity index (χ1) is 12.0. The topological polar surface area (TPSA) is 101 Å². The van der Waals surface area contributed by atoms with Gasteiger partial charge in [0.15, 0.2) is 0 Å². The zero-order valence-electron chi connectivity index (χ0n) is 13.8. The van der Waals surface area contributed by atoms with Crippen LogP contribution in [0.3, 0.4) is 0 Å². The lowest BCUT2D eigenvalue weighted by atomic mass is 10.0. The number of hydrogen-bond donors (Lipinski definition) is 2. The summed E-state index contributed by atoms with van der Waals surface area (Å²) in [6.45, 7) is 0. The van der Waals surface area contributed by atoms with Gasteiger partial charge in [0, 0.05) is 25.6 Å². The van der Waals surface area contributed by atoms with Crippen LogP contribution in [0.1, 0.15) is 11.1 Å². The molecule has 25 heavy (non-hydrogen) atoms. The van der Waals surface area contributed by atoms with Crippen molar-refractivity contribution >= 4 is 17.5 Å². The maximum absolute atomic E-state index is 12.2. The average molecular weight is 341 g/mol. The molecule has 0 heterocycles. The Morgan fingerprint density at radius 1 is 1.04 bits per heavy atom. The van der Waals surface area contributed by atoms with Gasteiger partial charge in [0.2, 0.25) is 11.8 Å². The van der Waals surface area contributed by atoms with Gasteiger partial charge in [0.1, 0.15) is 6.04 Å². The predicted molar refractivity (Wildman–Crippen MR) is 92.9 cm³/mol. The van der Waals surface area contributed by atoms with Crippen molar-refractivity contribution in [1.29, 1.82) is 0 Å². The third kappa shape index (κ3) is 5.42. The highest BCUT2D eigenvalue weighted by Gasteiger charge is 2.20. The molecule has 0 aliphatic carbocycles. The number of likely N-dealkylation sites (N-methyl/N-ethyl adjacent to an activating group) is 1. The molecule has 1 atom stereocenters. The van der Waals surface area contributed by atoms with Crippen molar-refractivity contribution < 1.29 is 14.5 Å². The average Bonchev–Trinajstić information content (AvgIpc) is 2.61. The van der Waals surface area contributed by atoms with Crippen molar-refractivity contribution in [1.82, 2.24) is 10.6 Å². The van der Waals surface area contributed by atoms with E-state index in [0.29, 0.717) is 0 Å². The second-order valence-corrected chi connectivity index (χ2v) is 5.52. The smallest absolute Gasteiger partial charge is 0.269 e. The van der Waals surface area contributed by atoms with Crippen molar-refractivity contribution in [2.24, 2.45) is 0 Å². The summed E-state index contributed by atoms with van der Waals surface area (Å²) in [6.07, 6.45) is 0.423. The van der Waals surface area contributed by atoms with E-state index < -0.39 is 11.0 Å². The first kappa shape index (κ1) is 18.1. The number of non-ortho nitro benzene ring substituents is 1. The minimum absolute atomic E-state index is 0.0200. The largest absolute Gasteiger partial charge is 0.357 e. The fraction of sp³-hybridized carbons (Fsp3) is 0.222. The molecular weight excluding hydrogens is 322 g/mol. The molecule has 7 heteroatoms. The molecule has 0 saturated heterocycles. The molecule has 2 rings (SSSR count). The first-order valence-corrected chi connectivity index (χ1v) is 7.78. The van der Waals surface area contributed by atoms with Gasteiger partial charge in [-0.2, -0.15) is 0 Å². The zero-order valence-corrected chi connectivity index (χ0v) is 13.8. The van der Waals surface area contributed by atoms with Gasteiger partial charge in [0.25, 0.3) is 5.69 Å². The van der Waals surface area contributed by atoms with Gasteiger partial charge in [-0.3, -0.25) is 19.7 Å². The molecule has 0 spiro atoms. The Labute approximate surface area is 145 Å². The summed E-state index contributed by atoms with van der Waals surface area (Å²) < 4.78 is 0. The molecule has 130 valence electrons. The molecule has 0 bridgehead atoms. The van der Waals surface area contributed by atoms with E-state index in [9.17, 15) is 19.7 Å². The monoisotopic (exact) mass is 341 g/mol. The van der Waals surface area contributed by atoms with Crippen LogP contribution in [0.4, 0.5) is 5.69 Å². The normalized spacial score (nSPS) is 11.4. The third-order valence-electron chi connectivity index (χ3n) is 3.69. The molecule has 2 aromatic carbocycles. The lowest BCUT2D eigenvalue weighted by molar-refractivity contribution is -0.384. The van der Waals surface area contributed by atoms with E-state index in [0.717, 1.165) is 11.1 Å². The number of nitro benzene ring substituents is 1. The molecule has 0 aromatic heterocycles. The van der Waals surface area contributed by atoms with Crippen LogP contribution < -0.4 is 10.6 Å². The molecular formula is C18H19N3O4. The highest BCUT2D eigenvalue weighted by Crippen LogP contribution is 2.13. The fourth-order valence-electron chi connectivity index (χ4n) is 2.40.